The van der Waals surface area contributed by atoms with Crippen molar-refractivity contribution in [3.05, 3.63) is 82.9 Å². The van der Waals surface area contributed by atoms with Crippen molar-refractivity contribution in [2.75, 3.05) is 0 Å². The van der Waals surface area contributed by atoms with Crippen LogP contribution in [0.2, 0.25) is 13.1 Å². The Morgan fingerprint density at radius 1 is 0.643 bits per heavy atom. The van der Waals surface area contributed by atoms with E-state index in [4.69, 9.17) is 0 Å². The Morgan fingerprint density at radius 2 is 1.00 bits per heavy atom. The minimum atomic E-state index is 0. The third-order valence-corrected chi connectivity index (χ3v) is 9.70. The molecule has 0 nitrogen and oxygen atoms in total. The van der Waals surface area contributed by atoms with Crippen LogP contribution < -0.4 is 24.8 Å². The molecule has 0 heterocycles. The number of hydrogen-bond acceptors (Lipinski definition) is 0. The Morgan fingerprint density at radius 3 is 1.31 bits per heavy atom. The molecule has 0 amide bonds. The van der Waals surface area contributed by atoms with E-state index < -0.39 is 0 Å². The molecule has 6 atom stereocenters. The van der Waals surface area contributed by atoms with Gasteiger partial charge >= 0.3 is 41.9 Å². The van der Waals surface area contributed by atoms with E-state index in [0.717, 1.165) is 35.5 Å². The van der Waals surface area contributed by atoms with Crippen LogP contribution in [-0.2, 0) is 23.3 Å². The monoisotopic (exact) mass is 696 g/mol. The predicted octanol–water partition coefficient (Wildman–Crippen LogP) is 5.61. The summed E-state index contributed by atoms with van der Waals surface area (Å²) in [7, 11) is 0. The molecule has 2 aliphatic carbocycles. The second-order valence-corrected chi connectivity index (χ2v) is 23.1. The molecule has 0 radical (unpaired) electrons. The van der Waals surface area contributed by atoms with Gasteiger partial charge in [0.1, 0.15) is 0 Å². The van der Waals surface area contributed by atoms with Crippen molar-refractivity contribution < 1.29 is 48.1 Å². The number of fused-ring (bicyclic) bond motifs is 2. The van der Waals surface area contributed by atoms with Crippen LogP contribution in [0.3, 0.4) is 0 Å². The summed E-state index contributed by atoms with van der Waals surface area (Å²) in [6.45, 7) is 18.7. The molecule has 2 fully saturated rings. The van der Waals surface area contributed by atoms with E-state index >= 15 is 0 Å². The molecular weight excluding hydrogens is 647 g/mol. The Labute approximate surface area is 284 Å². The van der Waals surface area contributed by atoms with Crippen LogP contribution in [0.1, 0.15) is 100 Å². The molecule has 0 aliphatic heterocycles. The maximum atomic E-state index is 2.45. The fourth-order valence-electron chi connectivity index (χ4n) is 7.58. The summed E-state index contributed by atoms with van der Waals surface area (Å²) in [4.78, 5) is 0. The molecule has 2 aliphatic rings. The first-order valence-corrected chi connectivity index (χ1v) is 22.1. The van der Waals surface area contributed by atoms with Gasteiger partial charge in [-0.05, 0) is 61.2 Å². The number of hydrogen-bond donors (Lipinski definition) is 0. The minimum Gasteiger partial charge on any atom is -1.00 e. The van der Waals surface area contributed by atoms with Gasteiger partial charge in [0.15, 0.2) is 0 Å². The maximum Gasteiger partial charge on any atom is -0.0314 e. The molecule has 4 aromatic carbocycles. The van der Waals surface area contributed by atoms with E-state index in [0.29, 0.717) is 0 Å². The number of halogens is 2. The third kappa shape index (κ3) is 9.67. The Kier molecular flexibility index (Phi) is 15.3. The average Bonchev–Trinajstić information content (AvgIpc) is 3.50. The van der Waals surface area contributed by atoms with E-state index in [1.165, 1.54) is 71.2 Å². The zero-order valence-electron chi connectivity index (χ0n) is 27.2. The topological polar surface area (TPSA) is 0 Å². The van der Waals surface area contributed by atoms with Gasteiger partial charge in [0.2, 0.25) is 0 Å². The van der Waals surface area contributed by atoms with E-state index in [2.05, 4.69) is 115 Å². The number of rotatable bonds is 2. The molecule has 4 aromatic rings. The van der Waals surface area contributed by atoms with Gasteiger partial charge in [-0.15, -0.1) is 80.2 Å². The van der Waals surface area contributed by atoms with Crippen LogP contribution in [0.15, 0.2) is 60.7 Å². The molecule has 0 spiro atoms. The Balaban J connectivity index is 0.000000250. The molecule has 6 unspecified atom stereocenters. The van der Waals surface area contributed by atoms with Crippen molar-refractivity contribution in [2.45, 2.75) is 105 Å². The fraction of sp³-hybridized carbons (Fsp3) is 0.526. The minimum absolute atomic E-state index is 0. The fourth-order valence-corrected chi connectivity index (χ4v) is 7.58. The maximum absolute atomic E-state index is 2.45. The van der Waals surface area contributed by atoms with E-state index in [9.17, 15) is 0 Å². The number of benzene rings is 2. The zero-order valence-corrected chi connectivity index (χ0v) is 32.2. The van der Waals surface area contributed by atoms with Crippen LogP contribution >= 0.6 is 0 Å². The summed E-state index contributed by atoms with van der Waals surface area (Å²) in [6, 6.07) is 23.0. The summed E-state index contributed by atoms with van der Waals surface area (Å²) in [6.07, 6.45) is 8.33. The van der Waals surface area contributed by atoms with Gasteiger partial charge in [-0.25, -0.2) is 0 Å². The van der Waals surface area contributed by atoms with Crippen LogP contribution in [0.25, 0.3) is 21.5 Å². The molecule has 0 N–H and O–H groups in total. The molecule has 0 saturated heterocycles. The van der Waals surface area contributed by atoms with E-state index in [-0.39, 0.29) is 30.2 Å². The van der Waals surface area contributed by atoms with Crippen LogP contribution in [0.5, 0.6) is 0 Å². The van der Waals surface area contributed by atoms with Crippen molar-refractivity contribution in [1.29, 1.82) is 0 Å². The summed E-state index contributed by atoms with van der Waals surface area (Å²) < 4.78 is 0. The summed E-state index contributed by atoms with van der Waals surface area (Å²) in [5, 5.41) is 5.77. The van der Waals surface area contributed by atoms with E-state index in [1.54, 1.807) is 34.5 Å². The SMILES string of the molecule is C[Si](C)=[Zr+2].Cc1cccc2cc(C3CCC(C)CC3C)[cH-]c12.Cc1cccc2cc(C3CCC(C)CC3C)[cH-]c12.[Cl-].[Cl-]. The predicted molar refractivity (Wildman–Crippen MR) is 176 cm³/mol. The largest absolute Gasteiger partial charge is 1.00 e. The van der Waals surface area contributed by atoms with Crippen LogP contribution in [0.4, 0.5) is 0 Å². The van der Waals surface area contributed by atoms with E-state index in [1.807, 2.05) is 0 Å². The van der Waals surface area contributed by atoms with Crippen molar-refractivity contribution in [3.63, 3.8) is 0 Å². The second-order valence-electron chi connectivity index (χ2n) is 13.7. The van der Waals surface area contributed by atoms with Gasteiger partial charge in [-0.3, -0.25) is 0 Å². The average molecular weight is 699 g/mol. The normalized spacial score (nSPS) is 25.3. The quantitative estimate of drug-likeness (QED) is 0.189. The molecule has 4 heteroatoms. The molecule has 0 aromatic heterocycles. The Bertz CT molecular complexity index is 1310. The summed E-state index contributed by atoms with van der Waals surface area (Å²) in [5.41, 5.74) is 6.20. The van der Waals surface area contributed by atoms with Gasteiger partial charge in [-0.2, -0.15) is 12.1 Å². The first-order valence-electron chi connectivity index (χ1n) is 15.9. The van der Waals surface area contributed by atoms with Crippen LogP contribution in [-0.4, -0.2) is 5.43 Å². The first-order chi connectivity index (χ1) is 19.0. The molecule has 42 heavy (non-hydrogen) atoms. The van der Waals surface area contributed by atoms with Gasteiger partial charge < -0.3 is 24.8 Å². The van der Waals surface area contributed by atoms with Crippen molar-refractivity contribution in [1.82, 2.24) is 0 Å². The second kappa shape index (κ2) is 17.1. The van der Waals surface area contributed by atoms with Gasteiger partial charge in [0.05, 0.1) is 0 Å². The van der Waals surface area contributed by atoms with Gasteiger partial charge in [0.25, 0.3) is 0 Å². The van der Waals surface area contributed by atoms with Gasteiger partial charge in [-0.1, -0.05) is 66.5 Å². The Hall–Kier alpha value is -0.660. The van der Waals surface area contributed by atoms with Crippen LogP contribution in [0, 0.1) is 37.5 Å². The summed E-state index contributed by atoms with van der Waals surface area (Å²) in [5.74, 6) is 5.09. The summed E-state index contributed by atoms with van der Waals surface area (Å²) >= 11 is 1.74. The van der Waals surface area contributed by atoms with Gasteiger partial charge in [0, 0.05) is 0 Å². The first kappa shape index (κ1) is 37.5. The molecule has 2 saturated carbocycles. The molecule has 228 valence electrons. The number of aryl methyl sites for hydroxylation is 2. The smallest absolute Gasteiger partial charge is 0.0314 e. The molecular formula is C38H52Cl2SiZr-2. The van der Waals surface area contributed by atoms with Crippen molar-refractivity contribution in [3.8, 4) is 0 Å². The molecule has 6 rings (SSSR count). The molecule has 0 bridgehead atoms. The third-order valence-electron chi connectivity index (χ3n) is 9.70. The van der Waals surface area contributed by atoms with Crippen molar-refractivity contribution in [2.24, 2.45) is 23.7 Å². The standard InChI is InChI=1S/2C18H23.C2H6Si.2ClH.Zr/c2*1-12-7-8-17(14(3)9-12)16-10-15-6-4-5-13(2)18(15)11-16;1-3-2;;;/h2*4-6,10-12,14,17H,7-9H2,1-3H3;1-2H3;2*1H;/q2*-1;;;;+2/p-2. The van der Waals surface area contributed by atoms with Crippen molar-refractivity contribution >= 4 is 27.0 Å². The zero-order chi connectivity index (χ0) is 29.0.